The topological polar surface area (TPSA) is 66.8 Å². The van der Waals surface area contributed by atoms with E-state index in [2.05, 4.69) is 4.74 Å². The third-order valence-corrected chi connectivity index (χ3v) is 4.72. The summed E-state index contributed by atoms with van der Waals surface area (Å²) in [6.45, 7) is -0.0768. The average Bonchev–Trinajstić information content (AvgIpc) is 2.75. The molecule has 1 aliphatic heterocycles. The zero-order valence-corrected chi connectivity index (χ0v) is 11.0. The molecule has 0 amide bonds. The highest BCUT2D eigenvalue weighted by Crippen LogP contribution is 2.32. The quantitative estimate of drug-likeness (QED) is 0.915. The van der Waals surface area contributed by atoms with Crippen molar-refractivity contribution in [3.05, 3.63) is 24.3 Å². The van der Waals surface area contributed by atoms with E-state index in [1.807, 2.05) is 0 Å². The van der Waals surface area contributed by atoms with E-state index in [-0.39, 0.29) is 19.5 Å². The van der Waals surface area contributed by atoms with E-state index in [1.54, 1.807) is 0 Å². The SMILES string of the molecule is O=S(=O)(c1ccccc1OC(F)(F)F)N1CC[C@H](O)C1. The van der Waals surface area contributed by atoms with Gasteiger partial charge in [-0.15, -0.1) is 13.2 Å². The van der Waals surface area contributed by atoms with Gasteiger partial charge in [0.1, 0.15) is 10.6 Å². The molecule has 2 rings (SSSR count). The summed E-state index contributed by atoms with van der Waals surface area (Å²) in [7, 11) is -4.13. The summed E-state index contributed by atoms with van der Waals surface area (Å²) < 4.78 is 66.0. The van der Waals surface area contributed by atoms with Crippen LogP contribution in [0.1, 0.15) is 6.42 Å². The Kier molecular flexibility index (Phi) is 3.94. The molecule has 0 aliphatic carbocycles. The number of benzene rings is 1. The van der Waals surface area contributed by atoms with Gasteiger partial charge in [-0.2, -0.15) is 4.31 Å². The molecular weight excluding hydrogens is 299 g/mol. The van der Waals surface area contributed by atoms with Crippen molar-refractivity contribution in [1.82, 2.24) is 4.31 Å². The maximum absolute atomic E-state index is 12.3. The third kappa shape index (κ3) is 3.22. The van der Waals surface area contributed by atoms with Crippen LogP contribution in [-0.4, -0.2) is 43.4 Å². The van der Waals surface area contributed by atoms with Gasteiger partial charge in [-0.25, -0.2) is 8.42 Å². The Morgan fingerprint density at radius 2 is 1.95 bits per heavy atom. The van der Waals surface area contributed by atoms with Gasteiger partial charge in [0.25, 0.3) is 0 Å². The fraction of sp³-hybridized carbons (Fsp3) is 0.455. The van der Waals surface area contributed by atoms with Gasteiger partial charge >= 0.3 is 6.36 Å². The lowest BCUT2D eigenvalue weighted by atomic mass is 10.3. The Hall–Kier alpha value is -1.32. The second-order valence-electron chi connectivity index (χ2n) is 4.30. The summed E-state index contributed by atoms with van der Waals surface area (Å²) in [4.78, 5) is -0.563. The van der Waals surface area contributed by atoms with Crippen LogP contribution in [0.5, 0.6) is 5.75 Å². The Morgan fingerprint density at radius 1 is 1.30 bits per heavy atom. The van der Waals surface area contributed by atoms with Gasteiger partial charge in [0, 0.05) is 13.1 Å². The molecule has 0 saturated carbocycles. The van der Waals surface area contributed by atoms with Crippen LogP contribution in [0.4, 0.5) is 13.2 Å². The van der Waals surface area contributed by atoms with Crippen molar-refractivity contribution in [1.29, 1.82) is 0 Å². The maximum Gasteiger partial charge on any atom is 0.573 e. The molecule has 0 unspecified atom stereocenters. The maximum atomic E-state index is 12.3. The highest BCUT2D eigenvalue weighted by Gasteiger charge is 2.37. The molecule has 1 heterocycles. The zero-order valence-electron chi connectivity index (χ0n) is 10.2. The Balaban J connectivity index is 2.37. The van der Waals surface area contributed by atoms with E-state index in [1.165, 1.54) is 12.1 Å². The van der Waals surface area contributed by atoms with E-state index in [0.717, 1.165) is 16.4 Å². The van der Waals surface area contributed by atoms with Crippen LogP contribution in [0.25, 0.3) is 0 Å². The first kappa shape index (κ1) is 15.1. The highest BCUT2D eigenvalue weighted by molar-refractivity contribution is 7.89. The number of aliphatic hydroxyl groups excluding tert-OH is 1. The Bertz CT molecular complexity index is 588. The third-order valence-electron chi connectivity index (χ3n) is 2.82. The lowest BCUT2D eigenvalue weighted by molar-refractivity contribution is -0.275. The summed E-state index contributed by atoms with van der Waals surface area (Å²) in [6, 6.07) is 4.54. The molecule has 9 heteroatoms. The molecule has 1 aliphatic rings. The number of ether oxygens (including phenoxy) is 1. The van der Waals surface area contributed by atoms with Gasteiger partial charge in [0.05, 0.1) is 6.10 Å². The summed E-state index contributed by atoms with van der Waals surface area (Å²) in [5, 5.41) is 9.35. The molecule has 1 atom stereocenters. The number of hydrogen-bond acceptors (Lipinski definition) is 4. The molecule has 5 nitrogen and oxygen atoms in total. The summed E-state index contributed by atoms with van der Waals surface area (Å²) in [5.41, 5.74) is 0. The average molecular weight is 311 g/mol. The molecule has 1 aromatic rings. The van der Waals surface area contributed by atoms with Crippen LogP contribution in [0.2, 0.25) is 0 Å². The lowest BCUT2D eigenvalue weighted by Crippen LogP contribution is -2.30. The van der Waals surface area contributed by atoms with Crippen molar-refractivity contribution < 1.29 is 31.4 Å². The van der Waals surface area contributed by atoms with E-state index >= 15 is 0 Å². The molecule has 1 N–H and O–H groups in total. The van der Waals surface area contributed by atoms with E-state index < -0.39 is 33.1 Å². The number of hydrogen-bond donors (Lipinski definition) is 1. The van der Waals surface area contributed by atoms with Gasteiger partial charge in [0.15, 0.2) is 0 Å². The van der Waals surface area contributed by atoms with Crippen LogP contribution in [-0.2, 0) is 10.0 Å². The first-order valence-corrected chi connectivity index (χ1v) is 7.17. The van der Waals surface area contributed by atoms with Crippen molar-refractivity contribution in [2.45, 2.75) is 23.8 Å². The number of sulfonamides is 1. The summed E-state index contributed by atoms with van der Waals surface area (Å²) >= 11 is 0. The van der Waals surface area contributed by atoms with E-state index in [0.29, 0.717) is 0 Å². The van der Waals surface area contributed by atoms with Crippen LogP contribution < -0.4 is 4.74 Å². The molecule has 0 spiro atoms. The van der Waals surface area contributed by atoms with Crippen LogP contribution >= 0.6 is 0 Å². The minimum absolute atomic E-state index is 0.0594. The molecule has 0 radical (unpaired) electrons. The predicted octanol–water partition coefficient (Wildman–Crippen LogP) is 1.34. The first-order chi connectivity index (χ1) is 9.20. The second-order valence-corrected chi connectivity index (χ2v) is 6.21. The van der Waals surface area contributed by atoms with Crippen molar-refractivity contribution >= 4 is 10.0 Å². The van der Waals surface area contributed by atoms with Gasteiger partial charge in [0.2, 0.25) is 10.0 Å². The molecule has 1 aromatic carbocycles. The molecule has 0 aromatic heterocycles. The number of alkyl halides is 3. The molecule has 20 heavy (non-hydrogen) atoms. The molecule has 1 saturated heterocycles. The monoisotopic (exact) mass is 311 g/mol. The number of β-amino-alcohol motifs (C(OH)–C–C–N with tert-alkyl or cyclic N) is 1. The lowest BCUT2D eigenvalue weighted by Gasteiger charge is -2.18. The van der Waals surface area contributed by atoms with E-state index in [9.17, 15) is 26.7 Å². The predicted molar refractivity (Wildman–Crippen MR) is 62.5 cm³/mol. The zero-order chi connectivity index (χ0) is 15.0. The van der Waals surface area contributed by atoms with Gasteiger partial charge in [-0.1, -0.05) is 12.1 Å². The summed E-state index contributed by atoms with van der Waals surface area (Å²) in [6.07, 6.45) is -5.53. The molecule has 1 fully saturated rings. The van der Waals surface area contributed by atoms with Crippen LogP contribution in [0, 0.1) is 0 Å². The molecular formula is C11H12F3NO4S. The van der Waals surface area contributed by atoms with Gasteiger partial charge in [-0.05, 0) is 18.6 Å². The number of halogens is 3. The van der Waals surface area contributed by atoms with Crippen LogP contribution in [0.15, 0.2) is 29.2 Å². The molecule has 112 valence electrons. The number of nitrogens with zero attached hydrogens (tertiary/aromatic N) is 1. The largest absolute Gasteiger partial charge is 0.573 e. The van der Waals surface area contributed by atoms with Crippen molar-refractivity contribution in [3.63, 3.8) is 0 Å². The fourth-order valence-electron chi connectivity index (χ4n) is 1.94. The fourth-order valence-corrected chi connectivity index (χ4v) is 3.55. The smallest absolute Gasteiger partial charge is 0.404 e. The van der Waals surface area contributed by atoms with E-state index in [4.69, 9.17) is 0 Å². The minimum Gasteiger partial charge on any atom is -0.404 e. The number of para-hydroxylation sites is 1. The molecule has 0 bridgehead atoms. The van der Waals surface area contributed by atoms with Gasteiger partial charge < -0.3 is 9.84 Å². The Labute approximate surface area is 113 Å². The minimum atomic E-state index is -4.98. The summed E-state index contributed by atoms with van der Waals surface area (Å²) in [5.74, 6) is -0.776. The standard InChI is InChI=1S/C11H12F3NO4S/c12-11(13,14)19-9-3-1-2-4-10(9)20(17,18)15-6-5-8(16)7-15/h1-4,8,16H,5-7H2/t8-/m0/s1. The Morgan fingerprint density at radius 3 is 2.50 bits per heavy atom. The van der Waals surface area contributed by atoms with Crippen molar-refractivity contribution in [2.24, 2.45) is 0 Å². The van der Waals surface area contributed by atoms with Crippen LogP contribution in [0.3, 0.4) is 0 Å². The number of rotatable bonds is 3. The first-order valence-electron chi connectivity index (χ1n) is 5.73. The van der Waals surface area contributed by atoms with Gasteiger partial charge in [-0.3, -0.25) is 0 Å². The van der Waals surface area contributed by atoms with Crippen molar-refractivity contribution in [3.8, 4) is 5.75 Å². The second kappa shape index (κ2) is 5.23. The van der Waals surface area contributed by atoms with Crippen molar-refractivity contribution in [2.75, 3.05) is 13.1 Å². The number of aliphatic hydroxyl groups is 1. The normalized spacial score (nSPS) is 21.1. The highest BCUT2D eigenvalue weighted by atomic mass is 32.2.